The maximum Gasteiger partial charge on any atom is 0.293 e. The molecule has 9 heteroatoms. The smallest absolute Gasteiger partial charge is 0.293 e. The zero-order valence-electron chi connectivity index (χ0n) is 13.9. The molecule has 4 rings (SSSR count). The van der Waals surface area contributed by atoms with Crippen LogP contribution in [0, 0.1) is 0 Å². The molecular weight excluding hydrogens is 308 g/mol. The maximum absolute atomic E-state index is 12.8. The summed E-state index contributed by atoms with van der Waals surface area (Å²) in [6, 6.07) is 1.99. The van der Waals surface area contributed by atoms with Gasteiger partial charge in [0.25, 0.3) is 5.91 Å². The number of carbonyl (C=O) groups is 1. The van der Waals surface area contributed by atoms with E-state index in [1.54, 1.807) is 9.58 Å². The summed E-state index contributed by atoms with van der Waals surface area (Å²) in [6.45, 7) is 2.80. The lowest BCUT2D eigenvalue weighted by Gasteiger charge is -2.27. The van der Waals surface area contributed by atoms with E-state index in [1.165, 1.54) is 0 Å². The number of fused-ring (bicyclic) bond motifs is 2. The van der Waals surface area contributed by atoms with Gasteiger partial charge in [-0.25, -0.2) is 4.68 Å². The third kappa shape index (κ3) is 2.55. The summed E-state index contributed by atoms with van der Waals surface area (Å²) in [5.74, 6) is 1.61. The van der Waals surface area contributed by atoms with Crippen LogP contribution >= 0.6 is 0 Å². The van der Waals surface area contributed by atoms with Crippen LogP contribution in [0.15, 0.2) is 6.07 Å². The summed E-state index contributed by atoms with van der Waals surface area (Å²) < 4.78 is 1.77. The molecule has 0 fully saturated rings. The van der Waals surface area contributed by atoms with Crippen molar-refractivity contribution in [2.24, 2.45) is 0 Å². The number of hydrogen-bond acceptors (Lipinski definition) is 7. The Labute approximate surface area is 139 Å². The predicted molar refractivity (Wildman–Crippen MR) is 87.9 cm³/mol. The summed E-state index contributed by atoms with van der Waals surface area (Å²) in [5.41, 5.74) is 2.00. The number of hydrogen-bond donors (Lipinski definition) is 1. The van der Waals surface area contributed by atoms with E-state index in [0.29, 0.717) is 25.5 Å². The molecule has 0 bridgehead atoms. The highest BCUT2D eigenvalue weighted by Crippen LogP contribution is 2.21. The van der Waals surface area contributed by atoms with Gasteiger partial charge in [-0.2, -0.15) is 10.1 Å². The molecule has 0 saturated carbocycles. The lowest BCUT2D eigenvalue weighted by Crippen LogP contribution is -2.37. The van der Waals surface area contributed by atoms with E-state index in [4.69, 9.17) is 0 Å². The summed E-state index contributed by atoms with van der Waals surface area (Å²) in [4.78, 5) is 20.8. The Kier molecular flexibility index (Phi) is 3.55. The summed E-state index contributed by atoms with van der Waals surface area (Å²) >= 11 is 0. The van der Waals surface area contributed by atoms with Gasteiger partial charge in [-0.1, -0.05) is 0 Å². The van der Waals surface area contributed by atoms with Crippen molar-refractivity contribution in [3.05, 3.63) is 23.1 Å². The molecule has 1 amide bonds. The van der Waals surface area contributed by atoms with Crippen LogP contribution in [-0.4, -0.2) is 63.0 Å². The van der Waals surface area contributed by atoms with Crippen molar-refractivity contribution in [3.63, 3.8) is 0 Å². The Hall–Kier alpha value is -2.71. The normalized spacial score (nSPS) is 16.2. The molecule has 0 aromatic carbocycles. The van der Waals surface area contributed by atoms with E-state index < -0.39 is 0 Å². The van der Waals surface area contributed by atoms with Gasteiger partial charge < -0.3 is 15.1 Å². The van der Waals surface area contributed by atoms with Crippen LogP contribution < -0.4 is 10.2 Å². The molecule has 2 aliphatic rings. The Morgan fingerprint density at radius 3 is 2.96 bits per heavy atom. The van der Waals surface area contributed by atoms with E-state index in [9.17, 15) is 4.79 Å². The number of aryl methyl sites for hydroxylation is 1. The summed E-state index contributed by atoms with van der Waals surface area (Å²) in [7, 11) is 3.85. The molecule has 2 aromatic rings. The van der Waals surface area contributed by atoms with Crippen LogP contribution in [0.4, 0.5) is 11.8 Å². The molecule has 0 spiro atoms. The molecule has 24 heavy (non-hydrogen) atoms. The fraction of sp³-hybridized carbons (Fsp3) is 0.533. The van der Waals surface area contributed by atoms with Gasteiger partial charge in [0.1, 0.15) is 0 Å². The van der Waals surface area contributed by atoms with Crippen LogP contribution in [0.5, 0.6) is 0 Å². The molecule has 9 nitrogen and oxygen atoms in total. The molecule has 0 unspecified atom stereocenters. The van der Waals surface area contributed by atoms with Gasteiger partial charge in [0.05, 0.1) is 5.69 Å². The monoisotopic (exact) mass is 328 g/mol. The van der Waals surface area contributed by atoms with Gasteiger partial charge in [-0.05, 0) is 18.1 Å². The standard InChI is InChI=1S/C15H20N8O/c1-21(2)12-8-10-9-22(7-4-11(10)18-19-12)14(24)13-17-15-16-5-3-6-23(15)20-13/h8H,3-7,9H2,1-2H3,(H,16,17,20). The highest BCUT2D eigenvalue weighted by atomic mass is 16.2. The maximum atomic E-state index is 12.8. The Bertz CT molecular complexity index is 760. The third-order valence-corrected chi connectivity index (χ3v) is 4.37. The number of nitrogens with one attached hydrogen (secondary N) is 1. The minimum absolute atomic E-state index is 0.132. The number of amides is 1. The molecular formula is C15H20N8O. The Morgan fingerprint density at radius 2 is 2.17 bits per heavy atom. The quantitative estimate of drug-likeness (QED) is 0.839. The molecule has 1 N–H and O–H groups in total. The first-order chi connectivity index (χ1) is 11.6. The molecule has 0 saturated heterocycles. The number of anilines is 2. The van der Waals surface area contributed by atoms with E-state index in [2.05, 4.69) is 25.6 Å². The van der Waals surface area contributed by atoms with Gasteiger partial charge in [0, 0.05) is 46.7 Å². The average molecular weight is 328 g/mol. The van der Waals surface area contributed by atoms with Crippen molar-refractivity contribution in [2.45, 2.75) is 25.9 Å². The second kappa shape index (κ2) is 5.73. The van der Waals surface area contributed by atoms with E-state index in [1.807, 2.05) is 25.1 Å². The lowest BCUT2D eigenvalue weighted by molar-refractivity contribution is 0.0720. The second-order valence-electron chi connectivity index (χ2n) is 6.31. The Morgan fingerprint density at radius 1 is 1.29 bits per heavy atom. The van der Waals surface area contributed by atoms with Gasteiger partial charge in [0.2, 0.25) is 11.8 Å². The number of aromatic nitrogens is 5. The van der Waals surface area contributed by atoms with E-state index >= 15 is 0 Å². The topological polar surface area (TPSA) is 92.1 Å². The minimum atomic E-state index is -0.132. The lowest BCUT2D eigenvalue weighted by atomic mass is 10.1. The highest BCUT2D eigenvalue weighted by molar-refractivity contribution is 5.91. The predicted octanol–water partition coefficient (Wildman–Crippen LogP) is 0.148. The number of rotatable bonds is 2. The van der Waals surface area contributed by atoms with E-state index in [-0.39, 0.29) is 11.7 Å². The van der Waals surface area contributed by atoms with Crippen molar-refractivity contribution < 1.29 is 4.79 Å². The first-order valence-corrected chi connectivity index (χ1v) is 8.12. The molecule has 4 heterocycles. The van der Waals surface area contributed by atoms with Crippen LogP contribution in [-0.2, 0) is 19.5 Å². The summed E-state index contributed by atoms with van der Waals surface area (Å²) in [5, 5.41) is 16.0. The van der Waals surface area contributed by atoms with Crippen molar-refractivity contribution in [1.29, 1.82) is 0 Å². The Balaban J connectivity index is 1.56. The van der Waals surface area contributed by atoms with Crippen molar-refractivity contribution in [1.82, 2.24) is 29.9 Å². The molecule has 126 valence electrons. The van der Waals surface area contributed by atoms with Gasteiger partial charge >= 0.3 is 0 Å². The van der Waals surface area contributed by atoms with Crippen LogP contribution in [0.3, 0.4) is 0 Å². The molecule has 2 aliphatic heterocycles. The molecule has 0 radical (unpaired) electrons. The first kappa shape index (κ1) is 14.9. The number of carbonyl (C=O) groups excluding carboxylic acids is 1. The van der Waals surface area contributed by atoms with Gasteiger partial charge in [-0.3, -0.25) is 4.79 Å². The van der Waals surface area contributed by atoms with Crippen molar-refractivity contribution in [3.8, 4) is 0 Å². The second-order valence-corrected chi connectivity index (χ2v) is 6.31. The van der Waals surface area contributed by atoms with Gasteiger partial charge in [0.15, 0.2) is 5.82 Å². The zero-order valence-corrected chi connectivity index (χ0v) is 13.9. The average Bonchev–Trinajstić information content (AvgIpc) is 3.04. The van der Waals surface area contributed by atoms with Crippen molar-refractivity contribution in [2.75, 3.05) is 37.4 Å². The van der Waals surface area contributed by atoms with E-state index in [0.717, 1.165) is 36.6 Å². The molecule has 2 aromatic heterocycles. The fourth-order valence-corrected chi connectivity index (χ4v) is 3.00. The van der Waals surface area contributed by atoms with Crippen LogP contribution in [0.25, 0.3) is 0 Å². The largest absolute Gasteiger partial charge is 0.361 e. The zero-order chi connectivity index (χ0) is 16.7. The molecule has 0 aliphatic carbocycles. The summed E-state index contributed by atoms with van der Waals surface area (Å²) in [6.07, 6.45) is 1.70. The highest BCUT2D eigenvalue weighted by Gasteiger charge is 2.27. The minimum Gasteiger partial charge on any atom is -0.361 e. The first-order valence-electron chi connectivity index (χ1n) is 8.12. The fourth-order valence-electron chi connectivity index (χ4n) is 3.00. The van der Waals surface area contributed by atoms with Gasteiger partial charge in [-0.15, -0.1) is 10.2 Å². The molecule has 0 atom stereocenters. The van der Waals surface area contributed by atoms with Crippen molar-refractivity contribution >= 4 is 17.7 Å². The third-order valence-electron chi connectivity index (χ3n) is 4.37. The number of nitrogens with zero attached hydrogens (tertiary/aromatic N) is 7. The van der Waals surface area contributed by atoms with Crippen LogP contribution in [0.2, 0.25) is 0 Å². The van der Waals surface area contributed by atoms with Crippen LogP contribution in [0.1, 0.15) is 28.3 Å². The SMILES string of the molecule is CN(C)c1cc2c(nn1)CCN(C(=O)c1nc3n(n1)CCCN3)C2.